The maximum absolute atomic E-state index is 12.6. The molecule has 0 spiro atoms. The molecule has 1 fully saturated rings. The van der Waals surface area contributed by atoms with E-state index in [1.807, 2.05) is 0 Å². The summed E-state index contributed by atoms with van der Waals surface area (Å²) < 4.78 is 15.8. The highest BCUT2D eigenvalue weighted by Gasteiger charge is 2.46. The molecule has 1 atom stereocenters. The molecule has 26 heavy (non-hydrogen) atoms. The van der Waals surface area contributed by atoms with Crippen LogP contribution in [0.1, 0.15) is 37.6 Å². The van der Waals surface area contributed by atoms with Gasteiger partial charge in [-0.2, -0.15) is 0 Å². The number of aromatic nitrogens is 2. The lowest BCUT2D eigenvalue weighted by Crippen LogP contribution is -2.43. The van der Waals surface area contributed by atoms with Crippen molar-refractivity contribution in [3.05, 3.63) is 16.8 Å². The van der Waals surface area contributed by atoms with Crippen LogP contribution >= 0.6 is 11.6 Å². The van der Waals surface area contributed by atoms with Crippen molar-refractivity contribution in [1.82, 2.24) is 10.2 Å². The van der Waals surface area contributed by atoms with Crippen LogP contribution in [-0.4, -0.2) is 61.7 Å². The maximum Gasteiger partial charge on any atom is 0.342 e. The molecular formula is C17H24ClN3O5. The molecule has 2 rings (SSSR count). The molecule has 0 aliphatic carbocycles. The van der Waals surface area contributed by atoms with Crippen LogP contribution in [0.2, 0.25) is 5.15 Å². The Morgan fingerprint density at radius 1 is 1.42 bits per heavy atom. The second kappa shape index (κ2) is 7.75. The van der Waals surface area contributed by atoms with Crippen molar-refractivity contribution < 1.29 is 23.8 Å². The fourth-order valence-corrected chi connectivity index (χ4v) is 2.99. The van der Waals surface area contributed by atoms with Crippen LogP contribution in [0.25, 0.3) is 0 Å². The van der Waals surface area contributed by atoms with Gasteiger partial charge in [0.15, 0.2) is 11.0 Å². The molecule has 1 aromatic rings. The molecule has 8 nitrogen and oxygen atoms in total. The molecule has 1 aliphatic rings. The summed E-state index contributed by atoms with van der Waals surface area (Å²) in [5, 5.41) is 7.94. The summed E-state index contributed by atoms with van der Waals surface area (Å²) in [4.78, 5) is 26.5. The first-order valence-electron chi connectivity index (χ1n) is 8.22. The van der Waals surface area contributed by atoms with Crippen LogP contribution in [-0.2, 0) is 19.0 Å². The zero-order chi connectivity index (χ0) is 19.5. The third-order valence-corrected chi connectivity index (χ3v) is 4.12. The van der Waals surface area contributed by atoms with E-state index < -0.39 is 17.0 Å². The van der Waals surface area contributed by atoms with Gasteiger partial charge < -0.3 is 19.1 Å². The lowest BCUT2D eigenvalue weighted by molar-refractivity contribution is -0.148. The molecule has 144 valence electrons. The molecular weight excluding hydrogens is 362 g/mol. The van der Waals surface area contributed by atoms with E-state index in [2.05, 4.69) is 10.2 Å². The van der Waals surface area contributed by atoms with Crippen molar-refractivity contribution >= 4 is 29.4 Å². The second-order valence-corrected chi connectivity index (χ2v) is 7.75. The van der Waals surface area contributed by atoms with Gasteiger partial charge in [0, 0.05) is 27.1 Å². The number of anilines is 1. The van der Waals surface area contributed by atoms with Gasteiger partial charge >= 0.3 is 11.9 Å². The number of hydrogen-bond acceptors (Lipinski definition) is 8. The summed E-state index contributed by atoms with van der Waals surface area (Å²) in [6, 6.07) is 1.41. The first-order valence-corrected chi connectivity index (χ1v) is 8.60. The lowest BCUT2D eigenvalue weighted by Gasteiger charge is -2.30. The number of halogens is 1. The van der Waals surface area contributed by atoms with E-state index in [0.29, 0.717) is 13.0 Å². The van der Waals surface area contributed by atoms with Gasteiger partial charge in [-0.05, 0) is 26.8 Å². The van der Waals surface area contributed by atoms with Crippen molar-refractivity contribution in [3.63, 3.8) is 0 Å². The van der Waals surface area contributed by atoms with Crippen LogP contribution < -0.4 is 4.90 Å². The number of hydrogen-bond donors (Lipinski definition) is 0. The summed E-state index contributed by atoms with van der Waals surface area (Å²) in [6.07, 6.45) is 0.521. The third-order valence-electron chi connectivity index (χ3n) is 3.93. The van der Waals surface area contributed by atoms with Crippen molar-refractivity contribution in [3.8, 4) is 0 Å². The minimum Gasteiger partial charge on any atom is -0.465 e. The second-order valence-electron chi connectivity index (χ2n) is 7.36. The summed E-state index contributed by atoms with van der Waals surface area (Å²) in [5.41, 5.74) is -1.31. The van der Waals surface area contributed by atoms with Gasteiger partial charge in [0.2, 0.25) is 0 Å². The van der Waals surface area contributed by atoms with E-state index in [4.69, 9.17) is 25.8 Å². The van der Waals surface area contributed by atoms with Gasteiger partial charge in [-0.25, -0.2) is 4.79 Å². The highest BCUT2D eigenvalue weighted by Crippen LogP contribution is 2.33. The molecule has 0 unspecified atom stereocenters. The standard InChI is InChI=1S/C17H24ClN3O5/c1-16(2,3)26-14(22)11-8-12(18)19-20-13(11)21(4)9-17(10-24-5)6-7-25-15(17)23/h8H,6-7,9-10H2,1-5H3/t17-/m0/s1. The molecule has 0 bridgehead atoms. The number of nitrogens with zero attached hydrogens (tertiary/aromatic N) is 3. The number of ether oxygens (including phenoxy) is 3. The maximum atomic E-state index is 12.6. The molecule has 0 radical (unpaired) electrons. The Morgan fingerprint density at radius 3 is 2.65 bits per heavy atom. The predicted octanol–water partition coefficient (Wildman–Crippen LogP) is 2.10. The largest absolute Gasteiger partial charge is 0.465 e. The van der Waals surface area contributed by atoms with Crippen molar-refractivity contribution in [2.45, 2.75) is 32.8 Å². The van der Waals surface area contributed by atoms with E-state index in [1.165, 1.54) is 13.2 Å². The molecule has 9 heteroatoms. The zero-order valence-corrected chi connectivity index (χ0v) is 16.4. The van der Waals surface area contributed by atoms with Gasteiger partial charge in [0.1, 0.15) is 16.6 Å². The minimum atomic E-state index is -0.823. The molecule has 1 aliphatic heterocycles. The van der Waals surface area contributed by atoms with Crippen molar-refractivity contribution in [1.29, 1.82) is 0 Å². The van der Waals surface area contributed by atoms with E-state index >= 15 is 0 Å². The quantitative estimate of drug-likeness (QED) is 0.687. The SMILES string of the molecule is COC[C@@]1(CN(C)c2nnc(Cl)cc2C(=O)OC(C)(C)C)CCOC1=O. The lowest BCUT2D eigenvalue weighted by atomic mass is 9.87. The van der Waals surface area contributed by atoms with Crippen LogP contribution in [0.4, 0.5) is 5.82 Å². The first-order chi connectivity index (χ1) is 12.1. The van der Waals surface area contributed by atoms with Gasteiger partial charge in [-0.3, -0.25) is 4.79 Å². The molecule has 0 amide bonds. The molecule has 1 aromatic heterocycles. The molecule has 0 N–H and O–H groups in total. The highest BCUT2D eigenvalue weighted by molar-refractivity contribution is 6.29. The summed E-state index contributed by atoms with van der Waals surface area (Å²) in [7, 11) is 3.25. The summed E-state index contributed by atoms with van der Waals surface area (Å²) in [6.45, 7) is 6.11. The molecule has 0 saturated carbocycles. The Balaban J connectivity index is 2.32. The van der Waals surface area contributed by atoms with Gasteiger partial charge in [0.05, 0.1) is 13.2 Å². The summed E-state index contributed by atoms with van der Waals surface area (Å²) >= 11 is 5.91. The Bertz CT molecular complexity index is 691. The average molecular weight is 386 g/mol. The van der Waals surface area contributed by atoms with Crippen molar-refractivity contribution in [2.24, 2.45) is 5.41 Å². The van der Waals surface area contributed by atoms with E-state index in [1.54, 1.807) is 32.7 Å². The highest BCUT2D eigenvalue weighted by atomic mass is 35.5. The molecule has 0 aromatic carbocycles. The van der Waals surface area contributed by atoms with Crippen molar-refractivity contribution in [2.75, 3.05) is 38.8 Å². The number of cyclic esters (lactones) is 1. The van der Waals surface area contributed by atoms with Crippen LogP contribution in [0.5, 0.6) is 0 Å². The topological polar surface area (TPSA) is 90.8 Å². The van der Waals surface area contributed by atoms with Crippen LogP contribution in [0, 0.1) is 5.41 Å². The van der Waals surface area contributed by atoms with Gasteiger partial charge in [0.25, 0.3) is 0 Å². The predicted molar refractivity (Wildman–Crippen MR) is 95.4 cm³/mol. The monoisotopic (exact) mass is 385 g/mol. The number of carbonyl (C=O) groups is 2. The molecule has 1 saturated heterocycles. The molecule has 2 heterocycles. The van der Waals surface area contributed by atoms with Gasteiger partial charge in [-0.1, -0.05) is 11.6 Å². The van der Waals surface area contributed by atoms with E-state index in [-0.39, 0.29) is 35.7 Å². The van der Waals surface area contributed by atoms with E-state index in [9.17, 15) is 9.59 Å². The van der Waals surface area contributed by atoms with Crippen LogP contribution in [0.3, 0.4) is 0 Å². The summed E-state index contributed by atoms with van der Waals surface area (Å²) in [5.74, 6) is -0.614. The fraction of sp³-hybridized carbons (Fsp3) is 0.647. The van der Waals surface area contributed by atoms with Gasteiger partial charge in [-0.15, -0.1) is 10.2 Å². The first kappa shape index (κ1) is 20.4. The smallest absolute Gasteiger partial charge is 0.342 e. The van der Waals surface area contributed by atoms with E-state index in [0.717, 1.165) is 0 Å². The Morgan fingerprint density at radius 2 is 2.12 bits per heavy atom. The Labute approximate surface area is 157 Å². The number of esters is 2. The number of carbonyl (C=O) groups excluding carboxylic acids is 2. The Hall–Kier alpha value is -1.93. The average Bonchev–Trinajstić information content (AvgIpc) is 2.86. The minimum absolute atomic E-state index is 0.0786. The third kappa shape index (κ3) is 4.62. The Kier molecular flexibility index (Phi) is 6.08. The number of methoxy groups -OCH3 is 1. The van der Waals surface area contributed by atoms with Crippen LogP contribution in [0.15, 0.2) is 6.07 Å². The zero-order valence-electron chi connectivity index (χ0n) is 15.7. The fourth-order valence-electron chi connectivity index (χ4n) is 2.85. The number of rotatable bonds is 6. The normalized spacial score (nSPS) is 20.0.